The molecule has 366 valence electrons. The summed E-state index contributed by atoms with van der Waals surface area (Å²) in [5.41, 5.74) is 0. The van der Waals surface area contributed by atoms with E-state index in [2.05, 4.69) is 39.4 Å². The van der Waals surface area contributed by atoms with Gasteiger partial charge >= 0.3 is 19.8 Å². The largest absolute Gasteiger partial charge is 0.472 e. The van der Waals surface area contributed by atoms with Crippen molar-refractivity contribution in [2.24, 2.45) is 0 Å². The van der Waals surface area contributed by atoms with Gasteiger partial charge in [0.15, 0.2) is 6.10 Å². The first-order valence-corrected chi connectivity index (χ1v) is 26.8. The number of rotatable bonds is 45. The van der Waals surface area contributed by atoms with Gasteiger partial charge in [-0.3, -0.25) is 23.4 Å². The van der Waals surface area contributed by atoms with Crippen LogP contribution in [0.2, 0.25) is 10.6 Å². The Labute approximate surface area is 390 Å². The molecular weight excluding hydrogens is 868 g/mol. The predicted octanol–water partition coefficient (Wildman–Crippen LogP) is 12.8. The molecule has 0 aliphatic heterocycles. The summed E-state index contributed by atoms with van der Waals surface area (Å²) in [7, 11) is -4.58. The van der Waals surface area contributed by atoms with Crippen LogP contribution in [0.4, 0.5) is 5.95 Å². The fourth-order valence-electron chi connectivity index (χ4n) is 7.04. The Morgan fingerprint density at radius 3 is 1.48 bits per heavy atom. The number of aromatic nitrogens is 3. The molecule has 0 aromatic carbocycles. The van der Waals surface area contributed by atoms with E-state index in [1.54, 1.807) is 0 Å². The van der Waals surface area contributed by atoms with Crippen LogP contribution in [0.1, 0.15) is 219 Å². The summed E-state index contributed by atoms with van der Waals surface area (Å²) in [5, 5.41) is 5.64. The van der Waals surface area contributed by atoms with Crippen LogP contribution in [0.15, 0.2) is 0 Å². The smallest absolute Gasteiger partial charge is 0.462 e. The number of unbranched alkanes of at least 4 members (excludes halogenated alkanes) is 26. The zero-order chi connectivity index (χ0) is 46.1. The standard InChI is InChI=1S/C46H84Cl2N5O9P/c1-3-5-7-9-11-13-15-17-19-21-23-25-29-33-42(55)59-38-40(62-43(56)34-30-26-24-22-20-18-16-14-12-10-8-6-4-2)39-61-63(57,58)60-37-36-49-41(54)32-28-27-31-35-50-46-52-44(47)51-45(48)53-46/h40H,3-39H2,1-2H3,(H,49,54)(H,57,58)(H,50,51,52,53)/t40-/m1/s1. The van der Waals surface area contributed by atoms with E-state index >= 15 is 0 Å². The molecule has 63 heavy (non-hydrogen) atoms. The van der Waals surface area contributed by atoms with Crippen molar-refractivity contribution in [3.8, 4) is 0 Å². The number of carbonyl (C=O) groups excluding carboxylic acids is 3. The first-order valence-electron chi connectivity index (χ1n) is 24.6. The molecule has 0 bridgehead atoms. The summed E-state index contributed by atoms with van der Waals surface area (Å²) < 4.78 is 33.9. The van der Waals surface area contributed by atoms with Crippen LogP contribution >= 0.6 is 31.0 Å². The highest BCUT2D eigenvalue weighted by molar-refractivity contribution is 7.47. The monoisotopic (exact) mass is 952 g/mol. The van der Waals surface area contributed by atoms with Crippen molar-refractivity contribution in [3.05, 3.63) is 10.6 Å². The zero-order valence-corrected chi connectivity index (χ0v) is 41.4. The van der Waals surface area contributed by atoms with Gasteiger partial charge in [0.25, 0.3) is 0 Å². The Morgan fingerprint density at radius 2 is 0.984 bits per heavy atom. The average Bonchev–Trinajstić information content (AvgIpc) is 3.24. The van der Waals surface area contributed by atoms with E-state index in [-0.39, 0.29) is 61.4 Å². The minimum Gasteiger partial charge on any atom is -0.462 e. The highest BCUT2D eigenvalue weighted by Crippen LogP contribution is 2.43. The molecule has 0 aliphatic rings. The van der Waals surface area contributed by atoms with Gasteiger partial charge in [-0.05, 0) is 48.9 Å². The van der Waals surface area contributed by atoms with E-state index in [0.717, 1.165) is 51.4 Å². The number of phosphoric acid groups is 1. The quantitative estimate of drug-likeness (QED) is 0.0318. The maximum Gasteiger partial charge on any atom is 0.472 e. The Hall–Kier alpha value is -2.09. The lowest BCUT2D eigenvalue weighted by Crippen LogP contribution is -2.30. The van der Waals surface area contributed by atoms with Crippen molar-refractivity contribution in [1.29, 1.82) is 0 Å². The summed E-state index contributed by atoms with van der Waals surface area (Å²) in [5.74, 6) is -0.850. The van der Waals surface area contributed by atoms with Crippen LogP contribution < -0.4 is 10.6 Å². The molecule has 14 nitrogen and oxygen atoms in total. The molecule has 0 saturated heterocycles. The molecule has 1 aromatic heterocycles. The minimum absolute atomic E-state index is 0.00410. The highest BCUT2D eigenvalue weighted by Gasteiger charge is 2.26. The van der Waals surface area contributed by atoms with Gasteiger partial charge in [0.1, 0.15) is 6.61 Å². The maximum atomic E-state index is 12.8. The van der Waals surface area contributed by atoms with Crippen LogP contribution in [-0.2, 0) is 37.5 Å². The summed E-state index contributed by atoms with van der Waals surface area (Å²) in [6, 6.07) is 0. The Balaban J connectivity index is 2.37. The first kappa shape index (κ1) is 58.9. The summed E-state index contributed by atoms with van der Waals surface area (Å²) in [6.45, 7) is 3.95. The van der Waals surface area contributed by atoms with Gasteiger partial charge in [0, 0.05) is 32.4 Å². The molecule has 1 rings (SSSR count). The molecular formula is C46H84Cl2N5O9P. The van der Waals surface area contributed by atoms with E-state index in [4.69, 9.17) is 41.7 Å². The van der Waals surface area contributed by atoms with Gasteiger partial charge in [0.05, 0.1) is 13.2 Å². The number of ether oxygens (including phenoxy) is 2. The highest BCUT2D eigenvalue weighted by atomic mass is 35.5. The van der Waals surface area contributed by atoms with Crippen molar-refractivity contribution in [3.63, 3.8) is 0 Å². The lowest BCUT2D eigenvalue weighted by Gasteiger charge is -2.20. The number of phosphoric ester groups is 1. The Morgan fingerprint density at radius 1 is 0.556 bits per heavy atom. The van der Waals surface area contributed by atoms with Crippen LogP contribution in [0.3, 0.4) is 0 Å². The van der Waals surface area contributed by atoms with Crippen LogP contribution in [0.5, 0.6) is 0 Å². The number of amides is 1. The molecule has 0 radical (unpaired) electrons. The van der Waals surface area contributed by atoms with Gasteiger partial charge < -0.3 is 25.0 Å². The molecule has 3 N–H and O–H groups in total. The molecule has 2 atom stereocenters. The Kier molecular flexibility index (Phi) is 38.7. The summed E-state index contributed by atoms with van der Waals surface area (Å²) >= 11 is 11.5. The van der Waals surface area contributed by atoms with Gasteiger partial charge in [-0.2, -0.15) is 15.0 Å². The third-order valence-electron chi connectivity index (χ3n) is 10.7. The summed E-state index contributed by atoms with van der Waals surface area (Å²) in [6.07, 6.45) is 32.8. The molecule has 1 amide bonds. The second kappa shape index (κ2) is 41.3. The van der Waals surface area contributed by atoms with E-state index in [0.29, 0.717) is 25.8 Å². The van der Waals surface area contributed by atoms with Crippen molar-refractivity contribution < 1.29 is 42.4 Å². The number of hydrogen-bond donors (Lipinski definition) is 3. The van der Waals surface area contributed by atoms with E-state index < -0.39 is 32.5 Å². The van der Waals surface area contributed by atoms with Gasteiger partial charge in [-0.25, -0.2) is 4.57 Å². The Bertz CT molecular complexity index is 1330. The third-order valence-corrected chi connectivity index (χ3v) is 12.1. The van der Waals surface area contributed by atoms with Crippen molar-refractivity contribution in [2.75, 3.05) is 38.2 Å². The van der Waals surface area contributed by atoms with Gasteiger partial charge in [-0.1, -0.05) is 174 Å². The lowest BCUT2D eigenvalue weighted by molar-refractivity contribution is -0.161. The van der Waals surface area contributed by atoms with Gasteiger partial charge in [-0.15, -0.1) is 0 Å². The maximum absolute atomic E-state index is 12.8. The zero-order valence-electron chi connectivity index (χ0n) is 39.0. The molecule has 1 heterocycles. The molecule has 17 heteroatoms. The molecule has 0 fully saturated rings. The molecule has 0 spiro atoms. The number of esters is 2. The first-order chi connectivity index (χ1) is 30.5. The van der Waals surface area contributed by atoms with E-state index in [9.17, 15) is 23.8 Å². The van der Waals surface area contributed by atoms with Crippen molar-refractivity contribution >= 4 is 54.8 Å². The number of carbonyl (C=O) groups is 3. The van der Waals surface area contributed by atoms with Crippen LogP contribution in [-0.4, -0.2) is 76.7 Å². The molecule has 0 aliphatic carbocycles. The second-order valence-electron chi connectivity index (χ2n) is 16.7. The molecule has 1 unspecified atom stereocenters. The number of nitrogens with zero attached hydrogens (tertiary/aromatic N) is 3. The topological polar surface area (TPSA) is 188 Å². The molecule has 0 saturated carbocycles. The van der Waals surface area contributed by atoms with Crippen LogP contribution in [0.25, 0.3) is 0 Å². The number of halogens is 2. The van der Waals surface area contributed by atoms with E-state index in [1.165, 1.54) is 116 Å². The average molecular weight is 953 g/mol. The number of nitrogens with one attached hydrogen (secondary N) is 2. The molecule has 1 aromatic rings. The fraction of sp³-hybridized carbons (Fsp3) is 0.870. The minimum atomic E-state index is -4.58. The van der Waals surface area contributed by atoms with Gasteiger partial charge in [0.2, 0.25) is 22.4 Å². The SMILES string of the molecule is CCCCCCCCCCCCCCCC(=O)OC[C@H](COP(=O)(O)OCCNC(=O)CCCCCNc1nc(Cl)nc(Cl)n1)OC(=O)CCCCCCCCCCCCCCC. The summed E-state index contributed by atoms with van der Waals surface area (Å²) in [4.78, 5) is 59.5. The van der Waals surface area contributed by atoms with E-state index in [1.807, 2.05) is 0 Å². The van der Waals surface area contributed by atoms with Crippen molar-refractivity contribution in [1.82, 2.24) is 20.3 Å². The predicted molar refractivity (Wildman–Crippen MR) is 253 cm³/mol. The number of hydrogen-bond acceptors (Lipinski definition) is 12. The second-order valence-corrected chi connectivity index (χ2v) is 18.8. The van der Waals surface area contributed by atoms with Crippen LogP contribution in [0, 0.1) is 0 Å². The number of anilines is 1. The fourth-order valence-corrected chi connectivity index (χ4v) is 8.15. The normalized spacial score (nSPS) is 12.8. The lowest BCUT2D eigenvalue weighted by atomic mass is 10.0. The van der Waals surface area contributed by atoms with Crippen molar-refractivity contribution in [2.45, 2.75) is 225 Å². The third kappa shape index (κ3) is 38.9.